The highest BCUT2D eigenvalue weighted by atomic mass is 16.6. The molecule has 136 valence electrons. The molecule has 2 aliphatic rings. The summed E-state index contributed by atoms with van der Waals surface area (Å²) in [5, 5.41) is 2.26. The quantitative estimate of drug-likeness (QED) is 0.555. The van der Waals surface area contributed by atoms with Crippen LogP contribution >= 0.6 is 0 Å². The summed E-state index contributed by atoms with van der Waals surface area (Å²) in [6.07, 6.45) is 5.00. The van der Waals surface area contributed by atoms with Crippen molar-refractivity contribution < 1.29 is 14.3 Å². The third-order valence-electron chi connectivity index (χ3n) is 5.92. The molecule has 0 bridgehead atoms. The van der Waals surface area contributed by atoms with Gasteiger partial charge in [-0.2, -0.15) is 0 Å². The Bertz CT molecular complexity index is 825. The molecular weight excluding hydrogens is 324 g/mol. The van der Waals surface area contributed by atoms with Gasteiger partial charge in [-0.1, -0.05) is 55.3 Å². The Morgan fingerprint density at radius 2 is 1.88 bits per heavy atom. The second kappa shape index (κ2) is 7.14. The summed E-state index contributed by atoms with van der Waals surface area (Å²) in [7, 11) is 0. The van der Waals surface area contributed by atoms with E-state index in [-0.39, 0.29) is 12.1 Å². The molecule has 0 saturated heterocycles. The molecular formula is C23H26O3. The van der Waals surface area contributed by atoms with E-state index in [0.29, 0.717) is 17.6 Å². The summed E-state index contributed by atoms with van der Waals surface area (Å²) in [6.45, 7) is 5.98. The molecule has 4 atom stereocenters. The fourth-order valence-electron chi connectivity index (χ4n) is 4.54. The molecule has 0 unspecified atom stereocenters. The lowest BCUT2D eigenvalue weighted by Gasteiger charge is -2.29. The maximum Gasteiger partial charge on any atom is 0.347 e. The van der Waals surface area contributed by atoms with Crippen LogP contribution in [0.4, 0.5) is 0 Å². The largest absolute Gasteiger partial charge is 0.479 e. The number of hydrogen-bond acceptors (Lipinski definition) is 3. The summed E-state index contributed by atoms with van der Waals surface area (Å²) in [6, 6.07) is 14.0. The SMILES string of the molecule is C=C1C[C@H](OC(=O)[C@@H](C)Oc2ccc3ccccc3c2)[C@H]2CCCC[C@@H]12. The van der Waals surface area contributed by atoms with E-state index in [0.717, 1.165) is 23.6 Å². The Morgan fingerprint density at radius 1 is 1.12 bits per heavy atom. The molecule has 0 amide bonds. The minimum absolute atomic E-state index is 0.0250. The van der Waals surface area contributed by atoms with Crippen LogP contribution < -0.4 is 4.74 Å². The van der Waals surface area contributed by atoms with Crippen LogP contribution in [0.15, 0.2) is 54.6 Å². The van der Waals surface area contributed by atoms with Gasteiger partial charge in [0.2, 0.25) is 0 Å². The first-order chi connectivity index (χ1) is 12.6. The molecule has 0 aliphatic heterocycles. The van der Waals surface area contributed by atoms with Crippen LogP contribution in [0.3, 0.4) is 0 Å². The Hall–Kier alpha value is -2.29. The van der Waals surface area contributed by atoms with Crippen molar-refractivity contribution in [1.29, 1.82) is 0 Å². The molecule has 0 aromatic heterocycles. The van der Waals surface area contributed by atoms with E-state index in [1.807, 2.05) is 36.4 Å². The first-order valence-electron chi connectivity index (χ1n) is 9.65. The molecule has 4 rings (SSSR count). The zero-order chi connectivity index (χ0) is 18.1. The minimum atomic E-state index is -0.618. The van der Waals surface area contributed by atoms with Gasteiger partial charge in [-0.05, 0) is 48.6 Å². The zero-order valence-electron chi connectivity index (χ0n) is 15.3. The standard InChI is InChI=1S/C23H26O3/c1-15-13-22(21-10-6-5-9-20(15)21)26-23(24)16(2)25-19-12-11-17-7-3-4-8-18(17)14-19/h3-4,7-8,11-12,14,16,20-22H,1,5-6,9-10,13H2,2H3/t16-,20+,21+,22+/m1/s1. The Kier molecular flexibility index (Phi) is 4.71. The lowest BCUT2D eigenvalue weighted by atomic mass is 9.80. The number of benzene rings is 2. The van der Waals surface area contributed by atoms with Gasteiger partial charge < -0.3 is 9.47 Å². The number of fused-ring (bicyclic) bond motifs is 2. The Morgan fingerprint density at radius 3 is 2.73 bits per heavy atom. The van der Waals surface area contributed by atoms with Crippen molar-refractivity contribution >= 4 is 16.7 Å². The van der Waals surface area contributed by atoms with Crippen LogP contribution in [0, 0.1) is 11.8 Å². The van der Waals surface area contributed by atoms with Gasteiger partial charge in [0.25, 0.3) is 0 Å². The fraction of sp³-hybridized carbons (Fsp3) is 0.435. The second-order valence-corrected chi connectivity index (χ2v) is 7.66. The summed E-state index contributed by atoms with van der Waals surface area (Å²) in [5.74, 6) is 1.41. The van der Waals surface area contributed by atoms with E-state index >= 15 is 0 Å². The van der Waals surface area contributed by atoms with Crippen LogP contribution in [0.5, 0.6) is 5.75 Å². The van der Waals surface area contributed by atoms with Gasteiger partial charge in [0.15, 0.2) is 6.10 Å². The van der Waals surface area contributed by atoms with Gasteiger partial charge in [0.05, 0.1) is 0 Å². The predicted molar refractivity (Wildman–Crippen MR) is 103 cm³/mol. The number of rotatable bonds is 4. The van der Waals surface area contributed by atoms with Crippen molar-refractivity contribution in [3.8, 4) is 5.75 Å². The highest BCUT2D eigenvalue weighted by Crippen LogP contribution is 2.46. The summed E-state index contributed by atoms with van der Waals surface area (Å²) < 4.78 is 11.7. The molecule has 3 heteroatoms. The van der Waals surface area contributed by atoms with Gasteiger partial charge in [0, 0.05) is 12.3 Å². The van der Waals surface area contributed by atoms with Gasteiger partial charge in [-0.15, -0.1) is 0 Å². The normalized spacial score (nSPS) is 26.3. The molecule has 0 spiro atoms. The van der Waals surface area contributed by atoms with E-state index in [4.69, 9.17) is 9.47 Å². The maximum absolute atomic E-state index is 12.6. The fourth-order valence-corrected chi connectivity index (χ4v) is 4.54. The molecule has 3 nitrogen and oxygen atoms in total. The minimum Gasteiger partial charge on any atom is -0.479 e. The van der Waals surface area contributed by atoms with Gasteiger partial charge in [-0.3, -0.25) is 0 Å². The van der Waals surface area contributed by atoms with E-state index in [1.54, 1.807) is 6.92 Å². The third kappa shape index (κ3) is 3.35. The number of carbonyl (C=O) groups is 1. The van der Waals surface area contributed by atoms with E-state index in [1.165, 1.54) is 24.8 Å². The third-order valence-corrected chi connectivity index (χ3v) is 5.92. The summed E-state index contributed by atoms with van der Waals surface area (Å²) in [5.41, 5.74) is 1.26. The number of hydrogen-bond donors (Lipinski definition) is 0. The predicted octanol–water partition coefficient (Wildman–Crippen LogP) is 5.29. The van der Waals surface area contributed by atoms with Gasteiger partial charge in [0.1, 0.15) is 11.9 Å². The molecule has 2 aromatic rings. The van der Waals surface area contributed by atoms with Crippen LogP contribution in [-0.2, 0) is 9.53 Å². The average Bonchev–Trinajstić information content (AvgIpc) is 2.97. The Labute approximate surface area is 155 Å². The molecule has 26 heavy (non-hydrogen) atoms. The van der Waals surface area contributed by atoms with Gasteiger partial charge in [-0.25, -0.2) is 4.79 Å². The first-order valence-corrected chi connectivity index (χ1v) is 9.65. The van der Waals surface area contributed by atoms with Crippen molar-refractivity contribution in [2.24, 2.45) is 11.8 Å². The Balaban J connectivity index is 1.40. The van der Waals surface area contributed by atoms with Crippen LogP contribution in [-0.4, -0.2) is 18.2 Å². The lowest BCUT2D eigenvalue weighted by molar-refractivity contribution is -0.159. The number of ether oxygens (including phenoxy) is 2. The molecule has 2 saturated carbocycles. The van der Waals surface area contributed by atoms with Crippen molar-refractivity contribution in [2.75, 3.05) is 0 Å². The number of esters is 1. The van der Waals surface area contributed by atoms with Crippen molar-refractivity contribution in [2.45, 2.75) is 51.2 Å². The van der Waals surface area contributed by atoms with E-state index in [9.17, 15) is 4.79 Å². The molecule has 2 aliphatic carbocycles. The maximum atomic E-state index is 12.6. The average molecular weight is 350 g/mol. The second-order valence-electron chi connectivity index (χ2n) is 7.66. The van der Waals surface area contributed by atoms with Crippen LogP contribution in [0.25, 0.3) is 10.8 Å². The van der Waals surface area contributed by atoms with Crippen LogP contribution in [0.1, 0.15) is 39.0 Å². The summed E-state index contributed by atoms with van der Waals surface area (Å²) in [4.78, 5) is 12.6. The van der Waals surface area contributed by atoms with Crippen molar-refractivity contribution in [1.82, 2.24) is 0 Å². The van der Waals surface area contributed by atoms with Crippen molar-refractivity contribution in [3.63, 3.8) is 0 Å². The molecule has 0 radical (unpaired) electrons. The molecule has 2 aromatic carbocycles. The van der Waals surface area contributed by atoms with Crippen LogP contribution in [0.2, 0.25) is 0 Å². The molecule has 0 N–H and O–H groups in total. The number of carbonyl (C=O) groups excluding carboxylic acids is 1. The monoisotopic (exact) mass is 350 g/mol. The first kappa shape index (κ1) is 17.1. The van der Waals surface area contributed by atoms with Gasteiger partial charge >= 0.3 is 5.97 Å². The highest BCUT2D eigenvalue weighted by Gasteiger charge is 2.42. The smallest absolute Gasteiger partial charge is 0.347 e. The molecule has 2 fully saturated rings. The lowest BCUT2D eigenvalue weighted by Crippen LogP contribution is -2.33. The van der Waals surface area contributed by atoms with Crippen molar-refractivity contribution in [3.05, 3.63) is 54.6 Å². The topological polar surface area (TPSA) is 35.5 Å². The molecule has 0 heterocycles. The highest BCUT2D eigenvalue weighted by molar-refractivity contribution is 5.84. The van der Waals surface area contributed by atoms with E-state index < -0.39 is 6.10 Å². The summed E-state index contributed by atoms with van der Waals surface area (Å²) >= 11 is 0. The van der Waals surface area contributed by atoms with E-state index in [2.05, 4.69) is 12.6 Å². The zero-order valence-corrected chi connectivity index (χ0v) is 15.3.